The van der Waals surface area contributed by atoms with Crippen LogP contribution in [0.4, 0.5) is 10.3 Å². The van der Waals surface area contributed by atoms with E-state index < -0.39 is 0 Å². The number of nitrogens with one attached hydrogen (secondary N) is 1. The summed E-state index contributed by atoms with van der Waals surface area (Å²) < 4.78 is 14.3. The molecule has 0 amide bonds. The van der Waals surface area contributed by atoms with Crippen LogP contribution in [0.5, 0.6) is 0 Å². The molecule has 1 aliphatic carbocycles. The number of benzene rings is 1. The zero-order chi connectivity index (χ0) is 23.5. The van der Waals surface area contributed by atoms with Crippen LogP contribution in [0.15, 0.2) is 47.9 Å². The number of piperidine rings is 1. The first kappa shape index (κ1) is 22.4. The highest BCUT2D eigenvalue weighted by Crippen LogP contribution is 2.38. The molecule has 0 saturated carbocycles. The molecule has 2 aromatic heterocycles. The lowest BCUT2D eigenvalue weighted by Gasteiger charge is -2.28. The standard InChI is InChI=1S/C26H29FN6O/c1-16-25-23(32-26(28)31-16)10-19(11-24(25)33-34-15-17-4-2-8-29-13-17)21-7-6-20(27)12-22(21)18-5-3-9-30-14-18/h3,5-7,9,12,14,17,19,29H,2,4,8,10-11,13,15H2,1H3,(H2,28,31,32). The first-order chi connectivity index (χ1) is 16.6. The topological polar surface area (TPSA) is 98.3 Å². The van der Waals surface area contributed by atoms with Crippen molar-refractivity contribution in [2.24, 2.45) is 11.1 Å². The van der Waals surface area contributed by atoms with Gasteiger partial charge in [0.1, 0.15) is 12.4 Å². The van der Waals surface area contributed by atoms with Crippen LogP contribution in [0.3, 0.4) is 0 Å². The number of hydrogen-bond donors (Lipinski definition) is 2. The summed E-state index contributed by atoms with van der Waals surface area (Å²) in [6, 6.07) is 8.75. The van der Waals surface area contributed by atoms with Crippen molar-refractivity contribution in [2.75, 3.05) is 25.4 Å². The molecule has 176 valence electrons. The van der Waals surface area contributed by atoms with Crippen molar-refractivity contribution in [3.63, 3.8) is 0 Å². The van der Waals surface area contributed by atoms with Gasteiger partial charge in [0.25, 0.3) is 0 Å². The molecule has 1 fully saturated rings. The van der Waals surface area contributed by atoms with E-state index in [1.165, 1.54) is 6.07 Å². The van der Waals surface area contributed by atoms with Gasteiger partial charge in [-0.1, -0.05) is 17.3 Å². The monoisotopic (exact) mass is 460 g/mol. The summed E-state index contributed by atoms with van der Waals surface area (Å²) in [6.07, 6.45) is 7.07. The van der Waals surface area contributed by atoms with E-state index in [1.807, 2.05) is 25.1 Å². The first-order valence-electron chi connectivity index (χ1n) is 11.8. The third-order valence-corrected chi connectivity index (χ3v) is 6.66. The van der Waals surface area contributed by atoms with Gasteiger partial charge in [-0.15, -0.1) is 0 Å². The lowest BCUT2D eigenvalue weighted by atomic mass is 9.78. The average Bonchev–Trinajstić information content (AvgIpc) is 2.84. The zero-order valence-electron chi connectivity index (χ0n) is 19.3. The molecule has 0 radical (unpaired) electrons. The smallest absolute Gasteiger partial charge is 0.220 e. The maximum Gasteiger partial charge on any atom is 0.220 e. The Morgan fingerprint density at radius 3 is 2.94 bits per heavy atom. The summed E-state index contributed by atoms with van der Waals surface area (Å²) in [5.74, 6) is 0.460. The van der Waals surface area contributed by atoms with Crippen LogP contribution in [0.2, 0.25) is 0 Å². The highest BCUT2D eigenvalue weighted by molar-refractivity contribution is 6.03. The predicted octanol–water partition coefficient (Wildman–Crippen LogP) is 4.02. The summed E-state index contributed by atoms with van der Waals surface area (Å²) in [7, 11) is 0. The molecule has 7 nitrogen and oxygen atoms in total. The Morgan fingerprint density at radius 2 is 2.15 bits per heavy atom. The van der Waals surface area contributed by atoms with Gasteiger partial charge in [0.2, 0.25) is 5.95 Å². The number of aryl methyl sites for hydroxylation is 1. The number of rotatable bonds is 5. The molecule has 0 bridgehead atoms. The van der Waals surface area contributed by atoms with Crippen molar-refractivity contribution in [1.82, 2.24) is 20.3 Å². The second kappa shape index (κ2) is 9.85. The number of oxime groups is 1. The number of nitrogens with zero attached hydrogens (tertiary/aromatic N) is 4. The summed E-state index contributed by atoms with van der Waals surface area (Å²) in [6.45, 7) is 4.52. The number of fused-ring (bicyclic) bond motifs is 1. The van der Waals surface area contributed by atoms with Crippen molar-refractivity contribution < 1.29 is 9.23 Å². The van der Waals surface area contributed by atoms with E-state index in [0.29, 0.717) is 25.4 Å². The van der Waals surface area contributed by atoms with E-state index in [-0.39, 0.29) is 17.7 Å². The Kier molecular flexibility index (Phi) is 6.49. The normalized spacial score (nSPS) is 21.3. The van der Waals surface area contributed by atoms with Crippen molar-refractivity contribution in [1.29, 1.82) is 0 Å². The van der Waals surface area contributed by atoms with Gasteiger partial charge >= 0.3 is 0 Å². The Balaban J connectivity index is 1.50. The summed E-state index contributed by atoms with van der Waals surface area (Å²) in [4.78, 5) is 19.0. The molecular formula is C26H29FN6O. The van der Waals surface area contributed by atoms with Crippen LogP contribution in [0.1, 0.15) is 47.7 Å². The fourth-order valence-electron chi connectivity index (χ4n) is 5.07. The van der Waals surface area contributed by atoms with Gasteiger partial charge in [0.15, 0.2) is 0 Å². The Hall–Kier alpha value is -3.39. The number of nitrogen functional groups attached to an aromatic ring is 1. The SMILES string of the molecule is Cc1nc(N)nc2c1C(=NOCC1CCCNC1)CC(c1ccc(F)cc1-c1cccnc1)C2. The average molecular weight is 461 g/mol. The van der Waals surface area contributed by atoms with E-state index in [4.69, 9.17) is 10.6 Å². The van der Waals surface area contributed by atoms with Crippen LogP contribution in [0, 0.1) is 18.7 Å². The van der Waals surface area contributed by atoms with E-state index >= 15 is 0 Å². The maximum atomic E-state index is 14.3. The van der Waals surface area contributed by atoms with E-state index in [0.717, 1.165) is 65.3 Å². The molecule has 3 N–H and O–H groups in total. The first-order valence-corrected chi connectivity index (χ1v) is 11.8. The highest BCUT2D eigenvalue weighted by Gasteiger charge is 2.31. The van der Waals surface area contributed by atoms with Gasteiger partial charge in [-0.25, -0.2) is 14.4 Å². The maximum absolute atomic E-state index is 14.3. The third kappa shape index (κ3) is 4.77. The van der Waals surface area contributed by atoms with Gasteiger partial charge < -0.3 is 15.9 Å². The number of hydrogen-bond acceptors (Lipinski definition) is 7. The van der Waals surface area contributed by atoms with Crippen LogP contribution < -0.4 is 11.1 Å². The third-order valence-electron chi connectivity index (χ3n) is 6.66. The molecule has 1 aromatic carbocycles. The minimum Gasteiger partial charge on any atom is -0.395 e. The van der Waals surface area contributed by atoms with Gasteiger partial charge in [-0.3, -0.25) is 4.98 Å². The summed E-state index contributed by atoms with van der Waals surface area (Å²) in [5, 5.41) is 8.00. The minimum absolute atomic E-state index is 0.0377. The molecule has 2 atom stereocenters. The fourth-order valence-corrected chi connectivity index (χ4v) is 5.07. The highest BCUT2D eigenvalue weighted by atomic mass is 19.1. The number of aromatic nitrogens is 3. The van der Waals surface area contributed by atoms with Gasteiger partial charge in [-0.2, -0.15) is 0 Å². The van der Waals surface area contributed by atoms with Gasteiger partial charge in [0, 0.05) is 42.4 Å². The minimum atomic E-state index is -0.278. The van der Waals surface area contributed by atoms with Crippen LogP contribution in [-0.2, 0) is 11.3 Å². The van der Waals surface area contributed by atoms with Gasteiger partial charge in [0.05, 0.1) is 17.1 Å². The second-order valence-electron chi connectivity index (χ2n) is 9.11. The predicted molar refractivity (Wildman–Crippen MR) is 130 cm³/mol. The fraction of sp³-hybridized carbons (Fsp3) is 0.385. The molecule has 8 heteroatoms. The number of halogens is 1. The Morgan fingerprint density at radius 1 is 1.24 bits per heavy atom. The second-order valence-corrected chi connectivity index (χ2v) is 9.11. The molecule has 5 rings (SSSR count). The van der Waals surface area contributed by atoms with E-state index in [1.54, 1.807) is 18.5 Å². The van der Waals surface area contributed by atoms with Crippen molar-refractivity contribution in [3.8, 4) is 11.1 Å². The van der Waals surface area contributed by atoms with E-state index in [9.17, 15) is 4.39 Å². The Labute approximate surface area is 198 Å². The van der Waals surface area contributed by atoms with Crippen LogP contribution in [0.25, 0.3) is 11.1 Å². The molecule has 2 unspecified atom stereocenters. The zero-order valence-corrected chi connectivity index (χ0v) is 19.3. The molecule has 0 spiro atoms. The number of anilines is 1. The summed E-state index contributed by atoms with van der Waals surface area (Å²) >= 11 is 0. The Bertz CT molecular complexity index is 1190. The number of pyridine rings is 1. The molecule has 1 saturated heterocycles. The van der Waals surface area contributed by atoms with Gasteiger partial charge in [-0.05, 0) is 68.0 Å². The molecule has 34 heavy (non-hydrogen) atoms. The molecule has 2 aliphatic rings. The molecular weight excluding hydrogens is 431 g/mol. The molecule has 3 aromatic rings. The molecule has 3 heterocycles. The van der Waals surface area contributed by atoms with Crippen molar-refractivity contribution >= 4 is 11.7 Å². The summed E-state index contributed by atoms with van der Waals surface area (Å²) in [5.41, 5.74) is 12.1. The molecule has 1 aliphatic heterocycles. The largest absolute Gasteiger partial charge is 0.395 e. The van der Waals surface area contributed by atoms with Crippen molar-refractivity contribution in [2.45, 2.75) is 38.5 Å². The van der Waals surface area contributed by atoms with Crippen LogP contribution in [-0.4, -0.2) is 40.4 Å². The lowest BCUT2D eigenvalue weighted by molar-refractivity contribution is 0.0960. The number of nitrogens with two attached hydrogens (primary N) is 1. The quantitative estimate of drug-likeness (QED) is 0.558. The van der Waals surface area contributed by atoms with Crippen LogP contribution >= 0.6 is 0 Å². The lowest BCUT2D eigenvalue weighted by Crippen LogP contribution is -2.32. The van der Waals surface area contributed by atoms with E-state index in [2.05, 4.69) is 25.4 Å². The van der Waals surface area contributed by atoms with Crippen molar-refractivity contribution in [3.05, 3.63) is 71.1 Å².